The van der Waals surface area contributed by atoms with E-state index in [-0.39, 0.29) is 30.5 Å². The molecule has 0 saturated carbocycles. The Morgan fingerprint density at radius 3 is 2.54 bits per heavy atom. The van der Waals surface area contributed by atoms with E-state index in [0.717, 1.165) is 36.4 Å². The Morgan fingerprint density at radius 2 is 1.80 bits per heavy atom. The number of carbonyl (C=O) groups is 2. The monoisotopic (exact) mass is 473 g/mol. The maximum Gasteiger partial charge on any atom is 0.251 e. The van der Waals surface area contributed by atoms with E-state index in [4.69, 9.17) is 9.47 Å². The Kier molecular flexibility index (Phi) is 8.35. The zero-order chi connectivity index (χ0) is 24.5. The van der Waals surface area contributed by atoms with Crippen molar-refractivity contribution in [2.24, 2.45) is 0 Å². The number of ether oxygens (including phenoxy) is 2. The van der Waals surface area contributed by atoms with Gasteiger partial charge in [0.25, 0.3) is 5.91 Å². The topological polar surface area (TPSA) is 88.7 Å². The maximum absolute atomic E-state index is 12.7. The largest absolute Gasteiger partial charge is 0.491 e. The Morgan fingerprint density at radius 1 is 1.00 bits per heavy atom. The third-order valence-corrected chi connectivity index (χ3v) is 5.82. The van der Waals surface area contributed by atoms with E-state index >= 15 is 0 Å². The van der Waals surface area contributed by atoms with Gasteiger partial charge in [-0.2, -0.15) is 0 Å². The number of nitrogens with one attached hydrogen (secondary N) is 3. The van der Waals surface area contributed by atoms with Gasteiger partial charge in [0, 0.05) is 23.5 Å². The molecule has 0 radical (unpaired) electrons. The van der Waals surface area contributed by atoms with E-state index in [0.29, 0.717) is 17.9 Å². The fourth-order valence-electron chi connectivity index (χ4n) is 3.86. The first kappa shape index (κ1) is 24.3. The van der Waals surface area contributed by atoms with Crippen molar-refractivity contribution in [3.05, 3.63) is 90.0 Å². The number of benzene rings is 3. The molecule has 0 spiro atoms. The molecular weight excluding hydrogens is 442 g/mol. The summed E-state index contributed by atoms with van der Waals surface area (Å²) in [5.74, 6) is 0.364. The van der Waals surface area contributed by atoms with Crippen LogP contribution in [0.4, 0.5) is 11.4 Å². The predicted octanol–water partition coefficient (Wildman–Crippen LogP) is 4.79. The second-order valence-corrected chi connectivity index (χ2v) is 8.56. The van der Waals surface area contributed by atoms with Gasteiger partial charge >= 0.3 is 0 Å². The zero-order valence-corrected chi connectivity index (χ0v) is 19.8. The SMILES string of the molecule is CC(NC(=O)c1cccc(NC(=O)CNc2ccc(OCC3CCCO3)cc2)c1)c1ccccc1. The summed E-state index contributed by atoms with van der Waals surface area (Å²) in [6.45, 7) is 3.40. The predicted molar refractivity (Wildman–Crippen MR) is 137 cm³/mol. The number of rotatable bonds is 10. The molecule has 7 heteroatoms. The highest BCUT2D eigenvalue weighted by Gasteiger charge is 2.16. The number of amides is 2. The summed E-state index contributed by atoms with van der Waals surface area (Å²) in [6.07, 6.45) is 2.30. The summed E-state index contributed by atoms with van der Waals surface area (Å²) in [7, 11) is 0. The molecule has 2 unspecified atom stereocenters. The summed E-state index contributed by atoms with van der Waals surface area (Å²) in [5, 5.41) is 8.92. The van der Waals surface area contributed by atoms with Crippen LogP contribution in [0.3, 0.4) is 0 Å². The first-order chi connectivity index (χ1) is 17.1. The zero-order valence-electron chi connectivity index (χ0n) is 19.8. The van der Waals surface area contributed by atoms with Crippen molar-refractivity contribution in [1.29, 1.82) is 0 Å². The molecule has 1 aliphatic rings. The van der Waals surface area contributed by atoms with Gasteiger partial charge in [0.05, 0.1) is 18.7 Å². The summed E-state index contributed by atoms with van der Waals surface area (Å²) >= 11 is 0. The molecule has 3 aromatic carbocycles. The standard InChI is InChI=1S/C28H31N3O4/c1-20(21-7-3-2-4-8-21)30-28(33)22-9-5-10-24(17-22)31-27(32)18-29-23-12-14-25(15-13-23)35-19-26-11-6-16-34-26/h2-5,7-10,12-15,17,20,26,29H,6,11,16,18-19H2,1H3,(H,30,33)(H,31,32). The highest BCUT2D eigenvalue weighted by atomic mass is 16.5. The van der Waals surface area contributed by atoms with Crippen LogP contribution in [0.15, 0.2) is 78.9 Å². The number of hydrogen-bond acceptors (Lipinski definition) is 5. The first-order valence-electron chi connectivity index (χ1n) is 11.9. The van der Waals surface area contributed by atoms with Crippen molar-refractivity contribution >= 4 is 23.2 Å². The fourth-order valence-corrected chi connectivity index (χ4v) is 3.86. The molecule has 0 aromatic heterocycles. The average molecular weight is 474 g/mol. The Balaban J connectivity index is 1.23. The van der Waals surface area contributed by atoms with E-state index in [1.807, 2.05) is 61.5 Å². The third-order valence-electron chi connectivity index (χ3n) is 5.82. The summed E-state index contributed by atoms with van der Waals surface area (Å²) in [6, 6.07) is 24.0. The van der Waals surface area contributed by atoms with Crippen molar-refractivity contribution in [3.63, 3.8) is 0 Å². The highest BCUT2D eigenvalue weighted by Crippen LogP contribution is 2.19. The van der Waals surface area contributed by atoms with Crippen molar-refractivity contribution in [2.75, 3.05) is 30.4 Å². The summed E-state index contributed by atoms with van der Waals surface area (Å²) < 4.78 is 11.3. The quantitative estimate of drug-likeness (QED) is 0.394. The van der Waals surface area contributed by atoms with Crippen LogP contribution in [-0.2, 0) is 9.53 Å². The molecule has 1 heterocycles. The molecule has 1 aliphatic heterocycles. The minimum absolute atomic E-state index is 0.0948. The molecular formula is C28H31N3O4. The minimum Gasteiger partial charge on any atom is -0.491 e. The number of carbonyl (C=O) groups excluding carboxylic acids is 2. The highest BCUT2D eigenvalue weighted by molar-refractivity contribution is 5.98. The average Bonchev–Trinajstić information content (AvgIpc) is 3.41. The van der Waals surface area contributed by atoms with Gasteiger partial charge in [-0.1, -0.05) is 36.4 Å². The van der Waals surface area contributed by atoms with Crippen LogP contribution < -0.4 is 20.7 Å². The van der Waals surface area contributed by atoms with Crippen LogP contribution in [0.5, 0.6) is 5.75 Å². The molecule has 0 aliphatic carbocycles. The van der Waals surface area contributed by atoms with E-state index in [2.05, 4.69) is 16.0 Å². The van der Waals surface area contributed by atoms with Crippen LogP contribution in [0, 0.1) is 0 Å². The lowest BCUT2D eigenvalue weighted by Gasteiger charge is -2.15. The summed E-state index contributed by atoms with van der Waals surface area (Å²) in [5.41, 5.74) is 2.89. The van der Waals surface area contributed by atoms with Crippen molar-refractivity contribution in [1.82, 2.24) is 5.32 Å². The first-order valence-corrected chi connectivity index (χ1v) is 11.9. The minimum atomic E-state index is -0.209. The molecule has 7 nitrogen and oxygen atoms in total. The Bertz CT molecular complexity index is 1110. The van der Waals surface area contributed by atoms with Gasteiger partial charge in [0.1, 0.15) is 12.4 Å². The van der Waals surface area contributed by atoms with Gasteiger partial charge in [-0.25, -0.2) is 0 Å². The van der Waals surface area contributed by atoms with Crippen LogP contribution in [0.1, 0.15) is 41.7 Å². The van der Waals surface area contributed by atoms with Crippen LogP contribution in [0.25, 0.3) is 0 Å². The molecule has 35 heavy (non-hydrogen) atoms. The van der Waals surface area contributed by atoms with Gasteiger partial charge in [0.15, 0.2) is 0 Å². The third kappa shape index (κ3) is 7.32. The van der Waals surface area contributed by atoms with Crippen LogP contribution >= 0.6 is 0 Å². The molecule has 2 amide bonds. The molecule has 182 valence electrons. The lowest BCUT2D eigenvalue weighted by atomic mass is 10.1. The second kappa shape index (κ2) is 12.0. The normalized spacial score (nSPS) is 15.7. The van der Waals surface area contributed by atoms with Crippen LogP contribution in [-0.4, -0.2) is 37.7 Å². The van der Waals surface area contributed by atoms with Crippen molar-refractivity contribution in [2.45, 2.75) is 31.9 Å². The van der Waals surface area contributed by atoms with Gasteiger partial charge in [-0.3, -0.25) is 9.59 Å². The molecule has 2 atom stereocenters. The van der Waals surface area contributed by atoms with E-state index in [1.165, 1.54) is 0 Å². The van der Waals surface area contributed by atoms with E-state index < -0.39 is 0 Å². The van der Waals surface area contributed by atoms with Gasteiger partial charge < -0.3 is 25.4 Å². The smallest absolute Gasteiger partial charge is 0.251 e. The van der Waals surface area contributed by atoms with Gasteiger partial charge in [0.2, 0.25) is 5.91 Å². The molecule has 0 bridgehead atoms. The number of hydrogen-bond donors (Lipinski definition) is 3. The molecule has 3 aromatic rings. The Hall–Kier alpha value is -3.84. The maximum atomic E-state index is 12.7. The lowest BCUT2D eigenvalue weighted by Crippen LogP contribution is -2.27. The number of anilines is 2. The molecule has 4 rings (SSSR count). The molecule has 3 N–H and O–H groups in total. The summed E-state index contributed by atoms with van der Waals surface area (Å²) in [4.78, 5) is 25.1. The van der Waals surface area contributed by atoms with Crippen molar-refractivity contribution < 1.29 is 19.1 Å². The van der Waals surface area contributed by atoms with Gasteiger partial charge in [-0.05, 0) is 67.8 Å². The Labute approximate surface area is 205 Å². The van der Waals surface area contributed by atoms with Gasteiger partial charge in [-0.15, -0.1) is 0 Å². The fraction of sp³-hybridized carbons (Fsp3) is 0.286. The van der Waals surface area contributed by atoms with Crippen LogP contribution in [0.2, 0.25) is 0 Å². The molecule has 1 saturated heterocycles. The second-order valence-electron chi connectivity index (χ2n) is 8.56. The van der Waals surface area contributed by atoms with Crippen molar-refractivity contribution in [3.8, 4) is 5.75 Å². The molecule has 1 fully saturated rings. The van der Waals surface area contributed by atoms with E-state index in [9.17, 15) is 9.59 Å². The lowest BCUT2D eigenvalue weighted by molar-refractivity contribution is -0.114. The van der Waals surface area contributed by atoms with E-state index in [1.54, 1.807) is 24.3 Å².